The highest BCUT2D eigenvalue weighted by molar-refractivity contribution is 7.97. The van der Waals surface area contributed by atoms with Crippen LogP contribution in [0.5, 0.6) is 0 Å². The molecule has 3 heteroatoms. The summed E-state index contributed by atoms with van der Waals surface area (Å²) in [5.41, 5.74) is 6.73. The van der Waals surface area contributed by atoms with Crippen LogP contribution < -0.4 is 10.5 Å². The van der Waals surface area contributed by atoms with Crippen molar-refractivity contribution in [2.45, 2.75) is 4.90 Å². The minimum absolute atomic E-state index is 0.834. The first-order valence-electron chi connectivity index (χ1n) is 4.43. The topological polar surface area (TPSA) is 38.0 Å². The minimum atomic E-state index is 0.834. The molecule has 0 spiro atoms. The lowest BCUT2D eigenvalue weighted by atomic mass is 10.1. The monoisotopic (exact) mass is 204 g/mol. The Balaban J connectivity index is 2.68. The Labute approximate surface area is 87.6 Å². The van der Waals surface area contributed by atoms with Crippen molar-refractivity contribution in [3.63, 3.8) is 0 Å². The van der Waals surface area contributed by atoms with Gasteiger partial charge in [0.15, 0.2) is 0 Å². The fraction of sp³-hybridized carbons (Fsp3) is 0.0909. The van der Waals surface area contributed by atoms with E-state index in [4.69, 9.17) is 5.73 Å². The summed E-state index contributed by atoms with van der Waals surface area (Å²) >= 11 is 1.61. The van der Waals surface area contributed by atoms with Gasteiger partial charge in [0.25, 0.3) is 0 Å². The molecule has 14 heavy (non-hydrogen) atoms. The summed E-state index contributed by atoms with van der Waals surface area (Å²) in [6.07, 6.45) is 0. The number of nitrogens with two attached hydrogens (primary N) is 1. The fourth-order valence-corrected chi connectivity index (χ4v) is 2.16. The number of benzene rings is 2. The molecule has 0 aliphatic heterocycles. The van der Waals surface area contributed by atoms with E-state index in [0.29, 0.717) is 0 Å². The van der Waals surface area contributed by atoms with Crippen LogP contribution in [0.4, 0.5) is 5.69 Å². The van der Waals surface area contributed by atoms with Gasteiger partial charge < -0.3 is 5.73 Å². The van der Waals surface area contributed by atoms with Crippen molar-refractivity contribution in [3.05, 3.63) is 36.4 Å². The SMILES string of the molecule is CNSc1cccc2c(N)cccc12. The molecule has 0 aliphatic carbocycles. The molecule has 0 amide bonds. The molecule has 2 aromatic carbocycles. The van der Waals surface area contributed by atoms with E-state index in [1.54, 1.807) is 11.9 Å². The molecular weight excluding hydrogens is 192 g/mol. The van der Waals surface area contributed by atoms with Crippen LogP contribution in [-0.2, 0) is 0 Å². The van der Waals surface area contributed by atoms with Gasteiger partial charge in [-0.25, -0.2) is 0 Å². The van der Waals surface area contributed by atoms with Crippen LogP contribution in [0.1, 0.15) is 0 Å². The summed E-state index contributed by atoms with van der Waals surface area (Å²) in [6, 6.07) is 12.2. The Morgan fingerprint density at radius 2 is 1.79 bits per heavy atom. The number of hydrogen-bond donors (Lipinski definition) is 2. The minimum Gasteiger partial charge on any atom is -0.398 e. The predicted molar refractivity (Wildman–Crippen MR) is 63.3 cm³/mol. The van der Waals surface area contributed by atoms with Gasteiger partial charge >= 0.3 is 0 Å². The second-order valence-electron chi connectivity index (χ2n) is 3.00. The molecular formula is C11H12N2S. The van der Waals surface area contributed by atoms with Crippen molar-refractivity contribution < 1.29 is 0 Å². The van der Waals surface area contributed by atoms with E-state index in [1.807, 2.05) is 31.3 Å². The summed E-state index contributed by atoms with van der Waals surface area (Å²) in [7, 11) is 1.91. The average molecular weight is 204 g/mol. The molecule has 0 heterocycles. The van der Waals surface area contributed by atoms with Crippen LogP contribution in [0.2, 0.25) is 0 Å². The number of anilines is 1. The maximum Gasteiger partial charge on any atom is 0.0394 e. The smallest absolute Gasteiger partial charge is 0.0394 e. The highest BCUT2D eigenvalue weighted by atomic mass is 32.2. The molecule has 0 saturated carbocycles. The third-order valence-corrected chi connectivity index (χ3v) is 2.91. The maximum absolute atomic E-state index is 5.89. The first-order chi connectivity index (χ1) is 6.83. The van der Waals surface area contributed by atoms with Gasteiger partial charge in [-0.1, -0.05) is 24.3 Å². The van der Waals surface area contributed by atoms with Gasteiger partial charge in [0.1, 0.15) is 0 Å². The Bertz CT molecular complexity index is 454. The first-order valence-corrected chi connectivity index (χ1v) is 5.25. The molecule has 0 fully saturated rings. The van der Waals surface area contributed by atoms with E-state index in [1.165, 1.54) is 10.3 Å². The average Bonchev–Trinajstić information content (AvgIpc) is 2.20. The van der Waals surface area contributed by atoms with Crippen LogP contribution in [-0.4, -0.2) is 7.05 Å². The molecule has 0 bridgehead atoms. The lowest BCUT2D eigenvalue weighted by Crippen LogP contribution is -1.92. The quantitative estimate of drug-likeness (QED) is 0.583. The van der Waals surface area contributed by atoms with Gasteiger partial charge in [0.05, 0.1) is 0 Å². The van der Waals surface area contributed by atoms with Crippen LogP contribution >= 0.6 is 11.9 Å². The molecule has 0 saturated heterocycles. The second kappa shape index (κ2) is 3.90. The number of nitrogens with one attached hydrogen (secondary N) is 1. The molecule has 0 unspecified atom stereocenters. The molecule has 3 N–H and O–H groups in total. The molecule has 2 nitrogen and oxygen atoms in total. The zero-order chi connectivity index (χ0) is 9.97. The lowest BCUT2D eigenvalue weighted by Gasteiger charge is -2.06. The molecule has 2 aromatic rings. The predicted octanol–water partition coefficient (Wildman–Crippen LogP) is 2.65. The van der Waals surface area contributed by atoms with Gasteiger partial charge in [0, 0.05) is 16.0 Å². The largest absolute Gasteiger partial charge is 0.398 e. The number of rotatable bonds is 2. The van der Waals surface area contributed by atoms with E-state index >= 15 is 0 Å². The fourth-order valence-electron chi connectivity index (χ4n) is 1.50. The van der Waals surface area contributed by atoms with Crippen LogP contribution in [0.15, 0.2) is 41.3 Å². The molecule has 0 aliphatic rings. The van der Waals surface area contributed by atoms with Crippen molar-refractivity contribution in [2.24, 2.45) is 0 Å². The maximum atomic E-state index is 5.89. The first kappa shape index (κ1) is 9.37. The van der Waals surface area contributed by atoms with Crippen molar-refractivity contribution in [1.82, 2.24) is 4.72 Å². The highest BCUT2D eigenvalue weighted by Gasteiger charge is 2.01. The zero-order valence-electron chi connectivity index (χ0n) is 7.95. The Morgan fingerprint density at radius 3 is 2.57 bits per heavy atom. The summed E-state index contributed by atoms with van der Waals surface area (Å²) in [4.78, 5) is 1.21. The van der Waals surface area contributed by atoms with Gasteiger partial charge in [-0.3, -0.25) is 4.72 Å². The van der Waals surface area contributed by atoms with E-state index in [9.17, 15) is 0 Å². The Morgan fingerprint density at radius 1 is 1.07 bits per heavy atom. The molecule has 0 radical (unpaired) electrons. The van der Waals surface area contributed by atoms with Gasteiger partial charge in [-0.2, -0.15) is 0 Å². The lowest BCUT2D eigenvalue weighted by molar-refractivity contribution is 1.29. The third kappa shape index (κ3) is 1.56. The second-order valence-corrected chi connectivity index (χ2v) is 4.06. The summed E-state index contributed by atoms with van der Waals surface area (Å²) in [5, 5.41) is 2.32. The van der Waals surface area contributed by atoms with Crippen LogP contribution in [0, 0.1) is 0 Å². The van der Waals surface area contributed by atoms with E-state index in [-0.39, 0.29) is 0 Å². The summed E-state index contributed by atoms with van der Waals surface area (Å²) in [5.74, 6) is 0. The summed E-state index contributed by atoms with van der Waals surface area (Å²) in [6.45, 7) is 0. The Hall–Kier alpha value is -1.19. The van der Waals surface area contributed by atoms with Gasteiger partial charge in [0.2, 0.25) is 0 Å². The van der Waals surface area contributed by atoms with Crippen LogP contribution in [0.3, 0.4) is 0 Å². The molecule has 0 atom stereocenters. The van der Waals surface area contributed by atoms with Gasteiger partial charge in [-0.05, 0) is 36.5 Å². The molecule has 72 valence electrons. The van der Waals surface area contributed by atoms with E-state index < -0.39 is 0 Å². The van der Waals surface area contributed by atoms with Crippen molar-refractivity contribution in [2.75, 3.05) is 12.8 Å². The van der Waals surface area contributed by atoms with Crippen molar-refractivity contribution in [3.8, 4) is 0 Å². The normalized spacial score (nSPS) is 10.6. The molecule has 2 rings (SSSR count). The number of fused-ring (bicyclic) bond motifs is 1. The van der Waals surface area contributed by atoms with Crippen molar-refractivity contribution in [1.29, 1.82) is 0 Å². The highest BCUT2D eigenvalue weighted by Crippen LogP contribution is 2.28. The molecule has 0 aromatic heterocycles. The van der Waals surface area contributed by atoms with E-state index in [0.717, 1.165) is 11.1 Å². The number of nitrogen functional groups attached to an aromatic ring is 1. The van der Waals surface area contributed by atoms with Crippen LogP contribution in [0.25, 0.3) is 10.8 Å². The standard InChI is InChI=1S/C11H12N2S/c1-13-14-11-7-3-4-8-9(11)5-2-6-10(8)12/h2-7,13H,12H2,1H3. The Kier molecular flexibility index (Phi) is 2.61. The summed E-state index contributed by atoms with van der Waals surface area (Å²) < 4.78 is 3.07. The zero-order valence-corrected chi connectivity index (χ0v) is 8.77. The third-order valence-electron chi connectivity index (χ3n) is 2.13. The van der Waals surface area contributed by atoms with E-state index in [2.05, 4.69) is 16.9 Å². The van der Waals surface area contributed by atoms with Gasteiger partial charge in [-0.15, -0.1) is 0 Å². The van der Waals surface area contributed by atoms with Crippen molar-refractivity contribution >= 4 is 28.4 Å². The number of hydrogen-bond acceptors (Lipinski definition) is 3.